The van der Waals surface area contributed by atoms with Crippen LogP contribution >= 0.6 is 46.3 Å². The van der Waals surface area contributed by atoms with E-state index in [1.165, 1.54) is 23.1 Å². The van der Waals surface area contributed by atoms with Gasteiger partial charge in [-0.2, -0.15) is 0 Å². The van der Waals surface area contributed by atoms with Crippen molar-refractivity contribution in [3.8, 4) is 0 Å². The number of aromatic nitrogens is 1. The number of anilines is 1. The van der Waals surface area contributed by atoms with E-state index in [4.69, 9.17) is 28.9 Å². The number of thiazole rings is 1. The van der Waals surface area contributed by atoms with Crippen molar-refractivity contribution >= 4 is 63.7 Å². The smallest absolute Gasteiger partial charge is 0.206 e. The quantitative estimate of drug-likeness (QED) is 0.434. The van der Waals surface area contributed by atoms with Crippen molar-refractivity contribution < 1.29 is 9.59 Å². The number of ketones is 2. The zero-order chi connectivity index (χ0) is 18.7. The Morgan fingerprint density at radius 2 is 1.50 bits per heavy atom. The first-order valence-corrected chi connectivity index (χ1v) is 9.98. The number of thioether (sulfide) groups is 1. The molecule has 8 heteroatoms. The predicted molar refractivity (Wildman–Crippen MR) is 108 cm³/mol. The van der Waals surface area contributed by atoms with Crippen molar-refractivity contribution in [2.75, 3.05) is 11.5 Å². The van der Waals surface area contributed by atoms with Crippen LogP contribution in [0.5, 0.6) is 0 Å². The van der Waals surface area contributed by atoms with E-state index in [-0.39, 0.29) is 23.1 Å². The predicted octanol–water partition coefficient (Wildman–Crippen LogP) is 5.24. The molecule has 0 unspecified atom stereocenters. The lowest BCUT2D eigenvalue weighted by Crippen LogP contribution is -2.02. The van der Waals surface area contributed by atoms with Gasteiger partial charge in [-0.1, -0.05) is 35.0 Å². The lowest BCUT2D eigenvalue weighted by atomic mass is 10.1. The Labute approximate surface area is 168 Å². The molecule has 4 nitrogen and oxygen atoms in total. The van der Waals surface area contributed by atoms with E-state index in [2.05, 4.69) is 4.98 Å². The second-order valence-corrected chi connectivity index (χ2v) is 8.34. The van der Waals surface area contributed by atoms with Gasteiger partial charge in [0.25, 0.3) is 0 Å². The molecule has 0 saturated carbocycles. The number of nitrogens with two attached hydrogens (primary N) is 1. The van der Waals surface area contributed by atoms with Crippen molar-refractivity contribution in [3.05, 3.63) is 74.6 Å². The van der Waals surface area contributed by atoms with Crippen LogP contribution in [0.2, 0.25) is 10.0 Å². The molecule has 2 N–H and O–H groups in total. The third-order valence-electron chi connectivity index (χ3n) is 3.44. The van der Waals surface area contributed by atoms with Gasteiger partial charge in [0.05, 0.1) is 5.75 Å². The van der Waals surface area contributed by atoms with Gasteiger partial charge in [0.15, 0.2) is 10.1 Å². The first-order chi connectivity index (χ1) is 12.4. The monoisotopic (exact) mass is 422 g/mol. The van der Waals surface area contributed by atoms with Crippen LogP contribution in [0.15, 0.2) is 52.9 Å². The van der Waals surface area contributed by atoms with Crippen LogP contribution in [0.3, 0.4) is 0 Å². The molecule has 0 spiro atoms. The second kappa shape index (κ2) is 8.22. The van der Waals surface area contributed by atoms with Gasteiger partial charge < -0.3 is 5.73 Å². The molecule has 0 atom stereocenters. The Balaban J connectivity index is 1.70. The maximum atomic E-state index is 12.5. The summed E-state index contributed by atoms with van der Waals surface area (Å²) in [6, 6.07) is 13.3. The summed E-state index contributed by atoms with van der Waals surface area (Å²) in [5.74, 6) is 0.0957. The number of nitrogens with zero attached hydrogens (tertiary/aromatic N) is 1. The Bertz CT molecular complexity index is 954. The molecule has 2 aromatic carbocycles. The molecule has 0 saturated heterocycles. The summed E-state index contributed by atoms with van der Waals surface area (Å²) < 4.78 is 0.571. The van der Waals surface area contributed by atoms with Crippen molar-refractivity contribution in [2.45, 2.75) is 4.34 Å². The molecule has 26 heavy (non-hydrogen) atoms. The molecule has 0 amide bonds. The van der Waals surface area contributed by atoms with E-state index in [0.29, 0.717) is 30.4 Å². The third-order valence-corrected chi connectivity index (χ3v) is 6.16. The summed E-state index contributed by atoms with van der Waals surface area (Å²) in [4.78, 5) is 29.3. The van der Waals surface area contributed by atoms with Gasteiger partial charge in [0.1, 0.15) is 10.7 Å². The van der Waals surface area contributed by atoms with Gasteiger partial charge >= 0.3 is 0 Å². The minimum Gasteiger partial charge on any atom is -0.382 e. The van der Waals surface area contributed by atoms with Gasteiger partial charge in [0.2, 0.25) is 5.78 Å². The molecule has 3 aromatic rings. The Hall–Kier alpha value is -1.86. The molecule has 0 aliphatic heterocycles. The Kier molecular flexibility index (Phi) is 5.98. The summed E-state index contributed by atoms with van der Waals surface area (Å²) >= 11 is 14.1. The minimum absolute atomic E-state index is 0.0500. The SMILES string of the molecule is Nc1nc(SCC(=O)c2ccc(Cl)cc2)sc1C(=O)c1ccc(Cl)cc1. The van der Waals surface area contributed by atoms with Gasteiger partial charge in [-0.05, 0) is 48.5 Å². The van der Waals surface area contributed by atoms with Crippen LogP contribution in [0.1, 0.15) is 25.6 Å². The fourth-order valence-electron chi connectivity index (χ4n) is 2.11. The van der Waals surface area contributed by atoms with E-state index in [9.17, 15) is 9.59 Å². The van der Waals surface area contributed by atoms with Gasteiger partial charge in [0, 0.05) is 21.2 Å². The lowest BCUT2D eigenvalue weighted by molar-refractivity contribution is 0.101. The topological polar surface area (TPSA) is 73.0 Å². The highest BCUT2D eigenvalue weighted by Crippen LogP contribution is 2.31. The summed E-state index contributed by atoms with van der Waals surface area (Å²) in [5, 5.41) is 1.13. The number of rotatable bonds is 6. The highest BCUT2D eigenvalue weighted by molar-refractivity contribution is 8.01. The highest BCUT2D eigenvalue weighted by Gasteiger charge is 2.19. The number of carbonyl (C=O) groups is 2. The summed E-state index contributed by atoms with van der Waals surface area (Å²) in [6.07, 6.45) is 0. The molecule has 132 valence electrons. The van der Waals surface area contributed by atoms with Crippen molar-refractivity contribution in [2.24, 2.45) is 0 Å². The molecule has 0 aliphatic rings. The number of halogens is 2. The molecule has 1 aromatic heterocycles. The summed E-state index contributed by atoms with van der Waals surface area (Å²) in [6.45, 7) is 0. The summed E-state index contributed by atoms with van der Waals surface area (Å²) in [7, 11) is 0. The highest BCUT2D eigenvalue weighted by atomic mass is 35.5. The van der Waals surface area contributed by atoms with Crippen molar-refractivity contribution in [1.82, 2.24) is 4.98 Å². The van der Waals surface area contributed by atoms with Crippen LogP contribution in [0.4, 0.5) is 5.82 Å². The van der Waals surface area contributed by atoms with E-state index in [1.807, 2.05) is 0 Å². The normalized spacial score (nSPS) is 10.7. The number of carbonyl (C=O) groups excluding carboxylic acids is 2. The molecule has 0 fully saturated rings. The van der Waals surface area contributed by atoms with E-state index < -0.39 is 0 Å². The minimum atomic E-state index is -0.215. The molecule has 0 aliphatic carbocycles. The molecular formula is C18H12Cl2N2O2S2. The molecule has 0 radical (unpaired) electrons. The molecule has 3 rings (SSSR count). The zero-order valence-corrected chi connectivity index (χ0v) is 16.4. The van der Waals surface area contributed by atoms with E-state index in [1.54, 1.807) is 48.5 Å². The number of hydrogen-bond donors (Lipinski definition) is 1. The van der Waals surface area contributed by atoms with Crippen LogP contribution in [0.25, 0.3) is 0 Å². The first kappa shape index (κ1) is 18.9. The fraction of sp³-hybridized carbons (Fsp3) is 0.0556. The Morgan fingerprint density at radius 1 is 0.962 bits per heavy atom. The second-order valence-electron chi connectivity index (χ2n) is 5.25. The van der Waals surface area contributed by atoms with Gasteiger partial charge in [-0.15, -0.1) is 11.3 Å². The van der Waals surface area contributed by atoms with Crippen LogP contribution < -0.4 is 5.73 Å². The third kappa shape index (κ3) is 4.45. The number of benzene rings is 2. The van der Waals surface area contributed by atoms with Crippen molar-refractivity contribution in [3.63, 3.8) is 0 Å². The maximum absolute atomic E-state index is 12.5. The number of Topliss-reactive ketones (excluding diaryl/α,β-unsaturated/α-hetero) is 1. The fourth-order valence-corrected chi connectivity index (χ4v) is 4.29. The maximum Gasteiger partial charge on any atom is 0.206 e. The van der Waals surface area contributed by atoms with Crippen LogP contribution in [-0.2, 0) is 0 Å². The van der Waals surface area contributed by atoms with Gasteiger partial charge in [-0.3, -0.25) is 9.59 Å². The number of hydrogen-bond acceptors (Lipinski definition) is 6. The van der Waals surface area contributed by atoms with Gasteiger partial charge in [-0.25, -0.2) is 4.98 Å². The van der Waals surface area contributed by atoms with E-state index >= 15 is 0 Å². The van der Waals surface area contributed by atoms with Crippen LogP contribution in [-0.4, -0.2) is 22.3 Å². The largest absolute Gasteiger partial charge is 0.382 e. The standard InChI is InChI=1S/C18H12Cl2N2O2S2/c19-12-5-1-10(2-6-12)14(23)9-25-18-22-17(21)16(26-18)15(24)11-3-7-13(20)8-4-11/h1-8H,9,21H2. The molecule has 1 heterocycles. The average molecular weight is 423 g/mol. The van der Waals surface area contributed by atoms with E-state index in [0.717, 1.165) is 0 Å². The summed E-state index contributed by atoms with van der Waals surface area (Å²) in [5.41, 5.74) is 6.94. The Morgan fingerprint density at radius 3 is 2.08 bits per heavy atom. The number of nitrogen functional groups attached to an aromatic ring is 1. The average Bonchev–Trinajstić information content (AvgIpc) is 3.01. The lowest BCUT2D eigenvalue weighted by Gasteiger charge is -1.99. The van der Waals surface area contributed by atoms with Crippen molar-refractivity contribution in [1.29, 1.82) is 0 Å². The molecular weight excluding hydrogens is 411 g/mol. The zero-order valence-electron chi connectivity index (χ0n) is 13.2. The first-order valence-electron chi connectivity index (χ1n) is 7.42. The van der Waals surface area contributed by atoms with Crippen LogP contribution in [0, 0.1) is 0 Å². The molecule has 0 bridgehead atoms.